The zero-order valence-corrected chi connectivity index (χ0v) is 17.8. The number of rotatable bonds is 4. The predicted molar refractivity (Wildman–Crippen MR) is 111 cm³/mol. The maximum absolute atomic E-state index is 12.8. The van der Waals surface area contributed by atoms with E-state index in [1.807, 2.05) is 6.92 Å². The van der Waals surface area contributed by atoms with Gasteiger partial charge in [-0.15, -0.1) is 0 Å². The van der Waals surface area contributed by atoms with Gasteiger partial charge >= 0.3 is 0 Å². The fourth-order valence-corrected chi connectivity index (χ4v) is 5.58. The molecule has 1 aliphatic carbocycles. The van der Waals surface area contributed by atoms with E-state index in [1.165, 1.54) is 26.6 Å². The van der Waals surface area contributed by atoms with E-state index in [1.54, 1.807) is 0 Å². The molecule has 2 N–H and O–H groups in total. The molecule has 4 atom stereocenters. The van der Waals surface area contributed by atoms with Crippen LogP contribution in [0.5, 0.6) is 0 Å². The number of hydrogen-bond acceptors (Lipinski definition) is 3. The zero-order valence-electron chi connectivity index (χ0n) is 16.2. The molecule has 6 heteroatoms. The minimum absolute atomic E-state index is 0.00242. The maximum Gasteiger partial charge on any atom is 0.224 e. The minimum Gasteiger partial charge on any atom is -0.394 e. The van der Waals surface area contributed by atoms with Crippen molar-refractivity contribution in [2.45, 2.75) is 44.2 Å². The van der Waals surface area contributed by atoms with Gasteiger partial charge in [0.15, 0.2) is 0 Å². The molecule has 0 saturated carbocycles. The number of aliphatic hydroxyl groups excluding tert-OH is 1. The monoisotopic (exact) mass is 433 g/mol. The molecule has 1 unspecified atom stereocenters. The van der Waals surface area contributed by atoms with Crippen molar-refractivity contribution < 1.29 is 9.90 Å². The van der Waals surface area contributed by atoms with Crippen molar-refractivity contribution in [2.75, 3.05) is 20.2 Å². The maximum atomic E-state index is 12.8. The lowest BCUT2D eigenvalue weighted by molar-refractivity contribution is -0.128. The summed E-state index contributed by atoms with van der Waals surface area (Å²) in [5.74, 6) is 0.397. The van der Waals surface area contributed by atoms with E-state index >= 15 is 0 Å². The van der Waals surface area contributed by atoms with E-state index in [0.29, 0.717) is 12.0 Å². The summed E-state index contributed by atoms with van der Waals surface area (Å²) in [5.41, 5.74) is 4.03. The van der Waals surface area contributed by atoms with E-state index in [4.69, 9.17) is 0 Å². The lowest BCUT2D eigenvalue weighted by Gasteiger charge is -2.45. The molecule has 0 spiro atoms. The van der Waals surface area contributed by atoms with Gasteiger partial charge in [-0.3, -0.25) is 4.79 Å². The number of likely N-dealkylation sites (N-methyl/N-ethyl adjacent to an activating group) is 1. The number of likely N-dealkylation sites (tertiary alicyclic amines) is 1. The van der Waals surface area contributed by atoms with E-state index in [2.05, 4.69) is 63.0 Å². The van der Waals surface area contributed by atoms with Crippen molar-refractivity contribution in [3.8, 4) is 0 Å². The highest BCUT2D eigenvalue weighted by Gasteiger charge is 2.42. The molecule has 4 rings (SSSR count). The fourth-order valence-electron chi connectivity index (χ4n) is 5.03. The van der Waals surface area contributed by atoms with Gasteiger partial charge in [0.05, 0.1) is 23.2 Å². The van der Waals surface area contributed by atoms with Gasteiger partial charge in [-0.2, -0.15) is 0 Å². The Morgan fingerprint density at radius 2 is 2.19 bits per heavy atom. The summed E-state index contributed by atoms with van der Waals surface area (Å²) in [6.07, 6.45) is 2.63. The van der Waals surface area contributed by atoms with Crippen LogP contribution in [0.25, 0.3) is 10.9 Å². The molecule has 146 valence electrons. The Morgan fingerprint density at radius 3 is 2.89 bits per heavy atom. The highest BCUT2D eigenvalue weighted by Crippen LogP contribution is 2.47. The number of aryl methyl sites for hydroxylation is 1. The van der Waals surface area contributed by atoms with Crippen LogP contribution >= 0.6 is 15.9 Å². The Balaban J connectivity index is 1.68. The zero-order chi connectivity index (χ0) is 19.3. The number of nitrogens with zero attached hydrogens (tertiary/aromatic N) is 2. The summed E-state index contributed by atoms with van der Waals surface area (Å²) in [4.78, 5) is 15.2. The number of amides is 1. The molecule has 1 aromatic heterocycles. The lowest BCUT2D eigenvalue weighted by atomic mass is 9.72. The number of carbonyl (C=O) groups excluding carboxylic acids is 1. The molecule has 2 aliphatic rings. The Labute approximate surface area is 168 Å². The van der Waals surface area contributed by atoms with Gasteiger partial charge < -0.3 is 19.9 Å². The molecule has 0 radical (unpaired) electrons. The number of fused-ring (bicyclic) bond motifs is 2. The second kappa shape index (κ2) is 7.22. The number of benzene rings is 1. The summed E-state index contributed by atoms with van der Waals surface area (Å²) >= 11 is 3.79. The third kappa shape index (κ3) is 3.02. The van der Waals surface area contributed by atoms with Crippen molar-refractivity contribution in [1.29, 1.82) is 0 Å². The van der Waals surface area contributed by atoms with E-state index in [9.17, 15) is 9.90 Å². The van der Waals surface area contributed by atoms with E-state index in [0.717, 1.165) is 25.8 Å². The number of carbonyl (C=O) groups is 1. The number of piperidine rings is 1. The standard InChI is InChI=1S/C21H28BrN3O2/c1-4-13(11-26)23-21(27)12-8-15-14-6-5-7-17-19(14)16(20(22)25(17)3)9-18(15)24(2)10-12/h5-7,12-13,15,18,26H,4,8-11H2,1-3H3,(H,23,27)/t12-,13+,15?,18-/m1/s1. The van der Waals surface area contributed by atoms with Crippen molar-refractivity contribution in [2.24, 2.45) is 13.0 Å². The normalized spacial score (nSPS) is 26.0. The number of aliphatic hydroxyl groups is 1. The first kappa shape index (κ1) is 19.0. The van der Waals surface area contributed by atoms with Gasteiger partial charge in [-0.05, 0) is 59.4 Å². The van der Waals surface area contributed by atoms with Crippen molar-refractivity contribution in [3.63, 3.8) is 0 Å². The Hall–Kier alpha value is -1.37. The summed E-state index contributed by atoms with van der Waals surface area (Å²) in [6.45, 7) is 2.75. The fraction of sp³-hybridized carbons (Fsp3) is 0.571. The molecule has 2 heterocycles. The van der Waals surface area contributed by atoms with E-state index in [-0.39, 0.29) is 24.5 Å². The molecule has 2 aromatic rings. The highest BCUT2D eigenvalue weighted by molar-refractivity contribution is 9.10. The quantitative estimate of drug-likeness (QED) is 0.778. The van der Waals surface area contributed by atoms with Gasteiger partial charge in [0.25, 0.3) is 0 Å². The molecular formula is C21H28BrN3O2. The third-order valence-electron chi connectivity index (χ3n) is 6.60. The van der Waals surface area contributed by atoms with Crippen LogP contribution in [0, 0.1) is 5.92 Å². The first-order valence-corrected chi connectivity index (χ1v) is 10.6. The summed E-state index contributed by atoms with van der Waals surface area (Å²) < 4.78 is 3.40. The third-order valence-corrected chi connectivity index (χ3v) is 7.61. The Kier molecular flexibility index (Phi) is 5.08. The first-order chi connectivity index (χ1) is 13.0. The molecule has 1 amide bonds. The second-order valence-corrected chi connectivity index (χ2v) is 8.87. The molecule has 1 aromatic carbocycles. The molecule has 5 nitrogen and oxygen atoms in total. The van der Waals surface area contributed by atoms with Crippen molar-refractivity contribution in [1.82, 2.24) is 14.8 Å². The molecule has 1 fully saturated rings. The number of halogens is 1. The van der Waals surface area contributed by atoms with Crippen LogP contribution in [0.1, 0.15) is 36.8 Å². The number of aromatic nitrogens is 1. The first-order valence-electron chi connectivity index (χ1n) is 9.83. The van der Waals surface area contributed by atoms with Gasteiger partial charge in [0.1, 0.15) is 0 Å². The molecule has 1 aliphatic heterocycles. The van der Waals surface area contributed by atoms with Gasteiger partial charge in [0, 0.05) is 36.5 Å². The molecule has 1 saturated heterocycles. The van der Waals surface area contributed by atoms with Crippen LogP contribution in [0.2, 0.25) is 0 Å². The van der Waals surface area contributed by atoms with Crippen LogP contribution in [-0.4, -0.2) is 52.8 Å². The SMILES string of the molecule is CC[C@@H](CO)NC(=O)[C@@H]1CC2c3cccc4c3c(c(Br)n4C)C[C@H]2N(C)C1. The smallest absolute Gasteiger partial charge is 0.224 e. The Bertz CT molecular complexity index is 874. The summed E-state index contributed by atoms with van der Waals surface area (Å²) in [6, 6.07) is 6.83. The average molecular weight is 434 g/mol. The van der Waals surface area contributed by atoms with Crippen LogP contribution in [0.3, 0.4) is 0 Å². The van der Waals surface area contributed by atoms with Gasteiger partial charge in [-0.1, -0.05) is 19.1 Å². The highest BCUT2D eigenvalue weighted by atomic mass is 79.9. The second-order valence-electron chi connectivity index (χ2n) is 8.12. The summed E-state index contributed by atoms with van der Waals surface area (Å²) in [5, 5.41) is 13.8. The van der Waals surface area contributed by atoms with Crippen molar-refractivity contribution >= 4 is 32.7 Å². The van der Waals surface area contributed by atoms with Crippen LogP contribution < -0.4 is 5.32 Å². The summed E-state index contributed by atoms with van der Waals surface area (Å²) in [7, 11) is 4.25. The average Bonchev–Trinajstić information content (AvgIpc) is 2.92. The van der Waals surface area contributed by atoms with Crippen molar-refractivity contribution in [3.05, 3.63) is 33.9 Å². The van der Waals surface area contributed by atoms with E-state index < -0.39 is 0 Å². The minimum atomic E-state index is -0.146. The largest absolute Gasteiger partial charge is 0.394 e. The lowest BCUT2D eigenvalue weighted by Crippen LogP contribution is -2.52. The van der Waals surface area contributed by atoms with Crippen LogP contribution in [0.4, 0.5) is 0 Å². The molecule has 27 heavy (non-hydrogen) atoms. The Morgan fingerprint density at radius 1 is 1.41 bits per heavy atom. The van der Waals surface area contributed by atoms with Crippen LogP contribution in [-0.2, 0) is 18.3 Å². The molecule has 0 bridgehead atoms. The number of hydrogen-bond donors (Lipinski definition) is 2. The van der Waals surface area contributed by atoms with Crippen LogP contribution in [0.15, 0.2) is 22.8 Å². The topological polar surface area (TPSA) is 57.5 Å². The predicted octanol–water partition coefficient (Wildman–Crippen LogP) is 2.79. The van der Waals surface area contributed by atoms with Gasteiger partial charge in [-0.25, -0.2) is 0 Å². The number of nitrogens with one attached hydrogen (secondary N) is 1. The van der Waals surface area contributed by atoms with Gasteiger partial charge in [0.2, 0.25) is 5.91 Å². The molecular weight excluding hydrogens is 406 g/mol.